The third kappa shape index (κ3) is 5.89. The molecule has 192 valence electrons. The standard InChI is InChI=1S/C31H31ClFNO3/c32-25-10-5-21(6-11-25)28-4-1-3-23-19-24(31(35)36)9-14-29(23)30(28)22-7-12-26(13-8-22)37-27-15-18-34(20-27)17-2-16-33/h5-14,19,27H,1-4,15-18,20H2,(H,35,36)/t27-/m0/s1. The van der Waals surface area contributed by atoms with E-state index in [1.807, 2.05) is 36.4 Å². The van der Waals surface area contributed by atoms with Crippen LogP contribution in [0.4, 0.5) is 4.39 Å². The minimum atomic E-state index is -0.910. The number of benzene rings is 3. The average Bonchev–Trinajstić information content (AvgIpc) is 3.26. The van der Waals surface area contributed by atoms with E-state index in [1.165, 1.54) is 5.57 Å². The molecule has 4 nitrogen and oxygen atoms in total. The van der Waals surface area contributed by atoms with Gasteiger partial charge in [0.1, 0.15) is 11.9 Å². The summed E-state index contributed by atoms with van der Waals surface area (Å²) in [6.07, 6.45) is 4.25. The molecule has 1 aliphatic heterocycles. The van der Waals surface area contributed by atoms with Gasteiger partial charge in [-0.15, -0.1) is 0 Å². The number of nitrogens with zero attached hydrogens (tertiary/aromatic N) is 1. The number of halogens is 2. The number of ether oxygens (including phenoxy) is 1. The number of aromatic carboxylic acids is 1. The number of alkyl halides is 1. The van der Waals surface area contributed by atoms with Crippen LogP contribution in [0.3, 0.4) is 0 Å². The number of carboxylic acid groups (broad SMARTS) is 1. The average molecular weight is 520 g/mol. The van der Waals surface area contributed by atoms with Gasteiger partial charge in [-0.1, -0.05) is 41.9 Å². The van der Waals surface area contributed by atoms with Crippen molar-refractivity contribution in [3.05, 3.63) is 99.6 Å². The number of likely N-dealkylation sites (tertiary alicyclic amines) is 1. The van der Waals surface area contributed by atoms with Gasteiger partial charge in [-0.2, -0.15) is 0 Å². The molecule has 1 saturated heterocycles. The van der Waals surface area contributed by atoms with Crippen LogP contribution in [0.1, 0.15) is 58.3 Å². The van der Waals surface area contributed by atoms with Crippen LogP contribution in [0, 0.1) is 0 Å². The van der Waals surface area contributed by atoms with E-state index in [-0.39, 0.29) is 12.8 Å². The molecule has 2 aliphatic rings. The Bertz CT molecular complexity index is 1290. The Morgan fingerprint density at radius 2 is 1.78 bits per heavy atom. The first-order valence-corrected chi connectivity index (χ1v) is 13.3. The first-order chi connectivity index (χ1) is 18.0. The lowest BCUT2D eigenvalue weighted by Crippen LogP contribution is -2.26. The molecule has 3 aromatic carbocycles. The zero-order chi connectivity index (χ0) is 25.8. The van der Waals surface area contributed by atoms with Gasteiger partial charge in [0.25, 0.3) is 0 Å². The number of allylic oxidation sites excluding steroid dienone is 1. The van der Waals surface area contributed by atoms with E-state index in [0.717, 1.165) is 78.9 Å². The van der Waals surface area contributed by atoms with Gasteiger partial charge in [-0.25, -0.2) is 4.79 Å². The predicted molar refractivity (Wildman–Crippen MR) is 146 cm³/mol. The zero-order valence-corrected chi connectivity index (χ0v) is 21.5. The van der Waals surface area contributed by atoms with E-state index in [4.69, 9.17) is 16.3 Å². The van der Waals surface area contributed by atoms with Crippen LogP contribution in [-0.2, 0) is 6.42 Å². The lowest BCUT2D eigenvalue weighted by molar-refractivity contribution is 0.0696. The van der Waals surface area contributed by atoms with Gasteiger partial charge in [0.15, 0.2) is 0 Å². The van der Waals surface area contributed by atoms with Gasteiger partial charge < -0.3 is 9.84 Å². The lowest BCUT2D eigenvalue weighted by Gasteiger charge is -2.19. The maximum Gasteiger partial charge on any atom is 0.335 e. The monoisotopic (exact) mass is 519 g/mol. The summed E-state index contributed by atoms with van der Waals surface area (Å²) in [5.74, 6) is -0.0861. The molecule has 0 amide bonds. The van der Waals surface area contributed by atoms with Crippen molar-refractivity contribution in [2.24, 2.45) is 0 Å². The zero-order valence-electron chi connectivity index (χ0n) is 20.8. The smallest absolute Gasteiger partial charge is 0.335 e. The van der Waals surface area contributed by atoms with Gasteiger partial charge in [-0.3, -0.25) is 9.29 Å². The number of carbonyl (C=O) groups is 1. The van der Waals surface area contributed by atoms with Crippen molar-refractivity contribution in [3.63, 3.8) is 0 Å². The second-order valence-corrected chi connectivity index (χ2v) is 10.2. The molecule has 0 saturated carbocycles. The molecule has 0 spiro atoms. The molecule has 1 aliphatic carbocycles. The molecule has 3 aromatic rings. The van der Waals surface area contributed by atoms with Crippen molar-refractivity contribution in [2.75, 3.05) is 26.3 Å². The Hall–Kier alpha value is -3.15. The minimum absolute atomic E-state index is 0.113. The Kier molecular flexibility index (Phi) is 7.92. The fourth-order valence-corrected chi connectivity index (χ4v) is 5.59. The quantitative estimate of drug-likeness (QED) is 0.343. The van der Waals surface area contributed by atoms with E-state index < -0.39 is 5.97 Å². The fourth-order valence-electron chi connectivity index (χ4n) is 5.46. The Morgan fingerprint density at radius 3 is 2.51 bits per heavy atom. The predicted octanol–water partition coefficient (Wildman–Crippen LogP) is 7.15. The van der Waals surface area contributed by atoms with Crippen molar-refractivity contribution in [3.8, 4) is 5.75 Å². The molecule has 0 radical (unpaired) electrons. The summed E-state index contributed by atoms with van der Waals surface area (Å²) in [6.45, 7) is 2.26. The number of hydrogen-bond acceptors (Lipinski definition) is 3. The van der Waals surface area contributed by atoms with Gasteiger partial charge in [0.2, 0.25) is 0 Å². The van der Waals surface area contributed by atoms with Crippen molar-refractivity contribution >= 4 is 28.7 Å². The van der Waals surface area contributed by atoms with Crippen LogP contribution in [0.2, 0.25) is 5.02 Å². The maximum atomic E-state index is 12.5. The van der Waals surface area contributed by atoms with Crippen LogP contribution in [-0.4, -0.2) is 48.4 Å². The molecule has 5 rings (SSSR count). The topological polar surface area (TPSA) is 49.8 Å². The van der Waals surface area contributed by atoms with Gasteiger partial charge in [0.05, 0.1) is 12.2 Å². The van der Waals surface area contributed by atoms with E-state index >= 15 is 0 Å². The van der Waals surface area contributed by atoms with Crippen molar-refractivity contribution < 1.29 is 19.0 Å². The highest BCUT2D eigenvalue weighted by Crippen LogP contribution is 2.40. The number of aryl methyl sites for hydroxylation is 1. The Labute approximate surface area is 222 Å². The molecule has 1 heterocycles. The number of carboxylic acids is 1. The highest BCUT2D eigenvalue weighted by atomic mass is 35.5. The summed E-state index contributed by atoms with van der Waals surface area (Å²) < 4.78 is 18.8. The van der Waals surface area contributed by atoms with Crippen molar-refractivity contribution in [1.29, 1.82) is 0 Å². The summed E-state index contributed by atoms with van der Waals surface area (Å²) in [5, 5.41) is 10.2. The summed E-state index contributed by atoms with van der Waals surface area (Å²) >= 11 is 6.18. The normalized spacial score (nSPS) is 17.9. The highest BCUT2D eigenvalue weighted by Gasteiger charge is 2.24. The molecule has 1 fully saturated rings. The van der Waals surface area contributed by atoms with Crippen LogP contribution >= 0.6 is 11.6 Å². The van der Waals surface area contributed by atoms with E-state index in [1.54, 1.807) is 6.07 Å². The SMILES string of the molecule is O=C(O)c1ccc2c(c1)CCCC(c1ccc(Cl)cc1)=C2c1ccc(O[C@H]2CCN(CCCF)C2)cc1. The molecule has 0 aromatic heterocycles. The Morgan fingerprint density at radius 1 is 1.03 bits per heavy atom. The summed E-state index contributed by atoms with van der Waals surface area (Å²) in [7, 11) is 0. The molecule has 6 heteroatoms. The number of rotatable bonds is 8. The van der Waals surface area contributed by atoms with Crippen LogP contribution < -0.4 is 4.74 Å². The third-order valence-corrected chi connectivity index (χ3v) is 7.52. The first kappa shape index (κ1) is 25.5. The molecule has 0 bridgehead atoms. The number of hydrogen-bond donors (Lipinski definition) is 1. The molecule has 1 atom stereocenters. The summed E-state index contributed by atoms with van der Waals surface area (Å²) in [4.78, 5) is 13.9. The maximum absolute atomic E-state index is 12.5. The van der Waals surface area contributed by atoms with Crippen molar-refractivity contribution in [1.82, 2.24) is 4.90 Å². The lowest BCUT2D eigenvalue weighted by atomic mass is 9.87. The van der Waals surface area contributed by atoms with Crippen LogP contribution in [0.5, 0.6) is 5.75 Å². The Balaban J connectivity index is 1.48. The number of fused-ring (bicyclic) bond motifs is 1. The van der Waals surface area contributed by atoms with E-state index in [9.17, 15) is 14.3 Å². The molecular weight excluding hydrogens is 489 g/mol. The first-order valence-electron chi connectivity index (χ1n) is 12.9. The molecular formula is C31H31ClFNO3. The third-order valence-electron chi connectivity index (χ3n) is 7.27. The summed E-state index contributed by atoms with van der Waals surface area (Å²) in [5.41, 5.74) is 6.98. The van der Waals surface area contributed by atoms with Crippen LogP contribution in [0.15, 0.2) is 66.7 Å². The van der Waals surface area contributed by atoms with Gasteiger partial charge >= 0.3 is 5.97 Å². The van der Waals surface area contributed by atoms with Gasteiger partial charge in [-0.05, 0) is 102 Å². The molecule has 0 unspecified atom stereocenters. The van der Waals surface area contributed by atoms with Crippen LogP contribution in [0.25, 0.3) is 11.1 Å². The second kappa shape index (κ2) is 11.5. The largest absolute Gasteiger partial charge is 0.489 e. The van der Waals surface area contributed by atoms with E-state index in [0.29, 0.717) is 17.0 Å². The summed E-state index contributed by atoms with van der Waals surface area (Å²) in [6, 6.07) is 21.6. The minimum Gasteiger partial charge on any atom is -0.489 e. The fraction of sp³-hybridized carbons (Fsp3) is 0.323. The molecule has 1 N–H and O–H groups in total. The van der Waals surface area contributed by atoms with Crippen molar-refractivity contribution in [2.45, 2.75) is 38.2 Å². The van der Waals surface area contributed by atoms with Gasteiger partial charge in [0, 0.05) is 24.7 Å². The second-order valence-electron chi connectivity index (χ2n) is 9.79. The van der Waals surface area contributed by atoms with E-state index in [2.05, 4.69) is 29.2 Å². The highest BCUT2D eigenvalue weighted by molar-refractivity contribution is 6.30. The molecule has 37 heavy (non-hydrogen) atoms.